The normalized spacial score (nSPS) is 24.6. The summed E-state index contributed by atoms with van der Waals surface area (Å²) in [5.74, 6) is 0.554. The standard InChI is InChI=1S/C27H35N5O3/c1-17(2)32-15-19(14-29-32)13-28-23-6-4-5-7-25(23)35-21-9-10-22-20(12-21)16-31(27(22)34)24-11-8-18(3)30-26(24)33/h9-10,12,14-15,17,23-25,28H,3-8,11,13,16H2,1-2H3,(H,30,33)/t23-,24?,25+/m0/s1. The van der Waals surface area contributed by atoms with E-state index in [1.807, 2.05) is 29.1 Å². The molecular weight excluding hydrogens is 442 g/mol. The second kappa shape index (κ2) is 9.85. The molecule has 1 aromatic heterocycles. The number of piperidine rings is 1. The number of hydrogen-bond donors (Lipinski definition) is 2. The van der Waals surface area contributed by atoms with Gasteiger partial charge in [-0.2, -0.15) is 5.10 Å². The molecule has 1 saturated carbocycles. The lowest BCUT2D eigenvalue weighted by molar-refractivity contribution is -0.126. The van der Waals surface area contributed by atoms with Crippen LogP contribution in [0.3, 0.4) is 0 Å². The molecule has 5 rings (SSSR count). The van der Waals surface area contributed by atoms with Crippen LogP contribution in [0.15, 0.2) is 42.9 Å². The average molecular weight is 478 g/mol. The molecule has 35 heavy (non-hydrogen) atoms. The Morgan fingerprint density at radius 1 is 1.23 bits per heavy atom. The van der Waals surface area contributed by atoms with Crippen molar-refractivity contribution in [3.63, 3.8) is 0 Å². The van der Waals surface area contributed by atoms with Gasteiger partial charge in [-0.05, 0) is 69.7 Å². The number of nitrogens with one attached hydrogen (secondary N) is 2. The zero-order valence-corrected chi connectivity index (χ0v) is 20.6. The maximum atomic E-state index is 13.0. The van der Waals surface area contributed by atoms with Gasteiger partial charge in [0.2, 0.25) is 5.91 Å². The molecule has 0 spiro atoms. The van der Waals surface area contributed by atoms with Gasteiger partial charge in [0.05, 0.1) is 6.20 Å². The maximum Gasteiger partial charge on any atom is 0.255 e. The molecule has 1 aromatic carbocycles. The number of benzene rings is 1. The fourth-order valence-corrected chi connectivity index (χ4v) is 5.35. The Labute approximate surface area is 206 Å². The van der Waals surface area contributed by atoms with Crippen LogP contribution in [-0.2, 0) is 17.9 Å². The van der Waals surface area contributed by atoms with Crippen molar-refractivity contribution in [2.24, 2.45) is 0 Å². The Hall–Kier alpha value is -3.13. The quantitative estimate of drug-likeness (QED) is 0.635. The van der Waals surface area contributed by atoms with Gasteiger partial charge in [-0.1, -0.05) is 13.0 Å². The van der Waals surface area contributed by atoms with Gasteiger partial charge in [-0.3, -0.25) is 14.3 Å². The molecule has 2 aliphatic heterocycles. The third-order valence-corrected chi connectivity index (χ3v) is 7.35. The van der Waals surface area contributed by atoms with Crippen molar-refractivity contribution < 1.29 is 14.3 Å². The summed E-state index contributed by atoms with van der Waals surface area (Å²) in [5.41, 5.74) is 3.48. The van der Waals surface area contributed by atoms with E-state index >= 15 is 0 Å². The van der Waals surface area contributed by atoms with Gasteiger partial charge in [0.15, 0.2) is 0 Å². The number of hydrogen-bond acceptors (Lipinski definition) is 5. The van der Waals surface area contributed by atoms with Crippen LogP contribution in [-0.4, -0.2) is 44.7 Å². The monoisotopic (exact) mass is 477 g/mol. The number of carbonyl (C=O) groups is 2. The van der Waals surface area contributed by atoms with E-state index in [4.69, 9.17) is 4.74 Å². The smallest absolute Gasteiger partial charge is 0.255 e. The van der Waals surface area contributed by atoms with Gasteiger partial charge in [0.1, 0.15) is 17.9 Å². The summed E-state index contributed by atoms with van der Waals surface area (Å²) >= 11 is 0. The minimum absolute atomic E-state index is 0.0743. The van der Waals surface area contributed by atoms with Gasteiger partial charge in [0.25, 0.3) is 5.91 Å². The summed E-state index contributed by atoms with van der Waals surface area (Å²) in [7, 11) is 0. The van der Waals surface area contributed by atoms with Crippen LogP contribution >= 0.6 is 0 Å². The van der Waals surface area contributed by atoms with E-state index in [1.165, 1.54) is 12.0 Å². The predicted octanol–water partition coefficient (Wildman–Crippen LogP) is 3.69. The molecule has 2 fully saturated rings. The van der Waals surface area contributed by atoms with E-state index in [0.29, 0.717) is 31.0 Å². The molecule has 3 atom stereocenters. The highest BCUT2D eigenvalue weighted by molar-refractivity contribution is 6.01. The largest absolute Gasteiger partial charge is 0.489 e. The minimum Gasteiger partial charge on any atom is -0.489 e. The van der Waals surface area contributed by atoms with Gasteiger partial charge < -0.3 is 20.3 Å². The highest BCUT2D eigenvalue weighted by Gasteiger charge is 2.38. The lowest BCUT2D eigenvalue weighted by atomic mass is 9.92. The van der Waals surface area contributed by atoms with Gasteiger partial charge in [0, 0.05) is 48.2 Å². The van der Waals surface area contributed by atoms with Crippen molar-refractivity contribution in [1.29, 1.82) is 0 Å². The van der Waals surface area contributed by atoms with Gasteiger partial charge in [-0.25, -0.2) is 0 Å². The molecule has 2 amide bonds. The van der Waals surface area contributed by atoms with Crippen LogP contribution in [0.25, 0.3) is 0 Å². The lowest BCUT2D eigenvalue weighted by Gasteiger charge is -2.32. The molecule has 2 N–H and O–H groups in total. The van der Waals surface area contributed by atoms with E-state index in [9.17, 15) is 9.59 Å². The number of amides is 2. The second-order valence-corrected chi connectivity index (χ2v) is 10.2. The summed E-state index contributed by atoms with van der Waals surface area (Å²) in [6.45, 7) is 9.28. The zero-order chi connectivity index (χ0) is 24.5. The first-order valence-electron chi connectivity index (χ1n) is 12.7. The Morgan fingerprint density at radius 2 is 2.06 bits per heavy atom. The van der Waals surface area contributed by atoms with Crippen LogP contribution in [0, 0.1) is 0 Å². The van der Waals surface area contributed by atoms with E-state index in [0.717, 1.165) is 42.8 Å². The van der Waals surface area contributed by atoms with Crippen molar-refractivity contribution in [3.05, 3.63) is 59.6 Å². The fraction of sp³-hybridized carbons (Fsp3) is 0.519. The topological polar surface area (TPSA) is 88.5 Å². The van der Waals surface area contributed by atoms with Crippen molar-refractivity contribution in [3.8, 4) is 5.75 Å². The molecule has 1 saturated heterocycles. The van der Waals surface area contributed by atoms with Crippen molar-refractivity contribution in [1.82, 2.24) is 25.3 Å². The number of rotatable bonds is 7. The molecule has 1 unspecified atom stereocenters. The molecule has 3 aliphatic rings. The third kappa shape index (κ3) is 4.98. The van der Waals surface area contributed by atoms with E-state index < -0.39 is 6.04 Å². The maximum absolute atomic E-state index is 13.0. The van der Waals surface area contributed by atoms with E-state index in [1.54, 1.807) is 4.90 Å². The molecule has 2 aromatic rings. The summed E-state index contributed by atoms with van der Waals surface area (Å²) in [6.07, 6.45) is 9.81. The van der Waals surface area contributed by atoms with E-state index in [2.05, 4.69) is 42.4 Å². The highest BCUT2D eigenvalue weighted by Crippen LogP contribution is 2.32. The molecule has 8 nitrogen and oxygen atoms in total. The zero-order valence-electron chi connectivity index (χ0n) is 20.6. The number of carbonyl (C=O) groups excluding carboxylic acids is 2. The van der Waals surface area contributed by atoms with Crippen LogP contribution in [0.2, 0.25) is 0 Å². The molecule has 1 aliphatic carbocycles. The number of nitrogens with zero attached hydrogens (tertiary/aromatic N) is 3. The molecule has 186 valence electrons. The van der Waals surface area contributed by atoms with E-state index in [-0.39, 0.29) is 24.0 Å². The van der Waals surface area contributed by atoms with Crippen LogP contribution < -0.4 is 15.4 Å². The first-order chi connectivity index (χ1) is 16.9. The number of ether oxygens (including phenoxy) is 1. The summed E-state index contributed by atoms with van der Waals surface area (Å²) < 4.78 is 8.45. The predicted molar refractivity (Wildman–Crippen MR) is 133 cm³/mol. The second-order valence-electron chi connectivity index (χ2n) is 10.2. The lowest BCUT2D eigenvalue weighted by Crippen LogP contribution is -2.49. The SMILES string of the molecule is C=C1CCC(N2Cc3cc(O[C@@H]4CCCC[C@@H]4NCc4cnn(C(C)C)c4)ccc3C2=O)C(=O)N1. The average Bonchev–Trinajstić information content (AvgIpc) is 3.43. The molecule has 0 radical (unpaired) electrons. The Bertz CT molecular complexity index is 1120. The fourth-order valence-electron chi connectivity index (χ4n) is 5.35. The molecule has 3 heterocycles. The first kappa shape index (κ1) is 23.6. The molecule has 8 heteroatoms. The Morgan fingerprint density at radius 3 is 2.83 bits per heavy atom. The molecule has 0 bridgehead atoms. The third-order valence-electron chi connectivity index (χ3n) is 7.35. The summed E-state index contributed by atoms with van der Waals surface area (Å²) in [5, 5.41) is 10.9. The van der Waals surface area contributed by atoms with Gasteiger partial charge >= 0.3 is 0 Å². The highest BCUT2D eigenvalue weighted by atomic mass is 16.5. The number of allylic oxidation sites excluding steroid dienone is 1. The first-order valence-corrected chi connectivity index (χ1v) is 12.7. The minimum atomic E-state index is -0.447. The molecular formula is C27H35N5O3. The van der Waals surface area contributed by atoms with Crippen LogP contribution in [0.1, 0.15) is 79.9 Å². The number of aromatic nitrogens is 2. The number of fused-ring (bicyclic) bond motifs is 1. The summed E-state index contributed by atoms with van der Waals surface area (Å²) in [6, 6.07) is 5.88. The van der Waals surface area contributed by atoms with Crippen molar-refractivity contribution in [2.75, 3.05) is 0 Å². The van der Waals surface area contributed by atoms with Crippen molar-refractivity contribution >= 4 is 11.8 Å². The Balaban J connectivity index is 1.23. The summed E-state index contributed by atoms with van der Waals surface area (Å²) in [4.78, 5) is 27.1. The van der Waals surface area contributed by atoms with Gasteiger partial charge in [-0.15, -0.1) is 0 Å². The Kier molecular flexibility index (Phi) is 6.65. The van der Waals surface area contributed by atoms with Crippen LogP contribution in [0.4, 0.5) is 0 Å². The van der Waals surface area contributed by atoms with Crippen LogP contribution in [0.5, 0.6) is 5.75 Å². The van der Waals surface area contributed by atoms with Crippen molar-refractivity contribution in [2.45, 2.75) is 89.7 Å².